The minimum Gasteiger partial charge on any atom is -0.490 e. The van der Waals surface area contributed by atoms with Gasteiger partial charge in [-0.1, -0.05) is 6.07 Å². The van der Waals surface area contributed by atoms with Crippen molar-refractivity contribution in [2.24, 2.45) is 0 Å². The second-order valence-corrected chi connectivity index (χ2v) is 8.21. The minimum absolute atomic E-state index is 0.0621. The van der Waals surface area contributed by atoms with E-state index < -0.39 is 0 Å². The van der Waals surface area contributed by atoms with Crippen LogP contribution in [0.2, 0.25) is 0 Å². The number of hydrogen-bond acceptors (Lipinski definition) is 5. The van der Waals surface area contributed by atoms with Crippen LogP contribution in [-0.4, -0.2) is 62.0 Å². The highest BCUT2D eigenvalue weighted by molar-refractivity contribution is 5.96. The average Bonchev–Trinajstić information content (AvgIpc) is 3.08. The number of carbonyl (C=O) groups excluding carboxylic acids is 2. The average molecular weight is 424 g/mol. The van der Waals surface area contributed by atoms with Crippen LogP contribution >= 0.6 is 0 Å². The van der Waals surface area contributed by atoms with Gasteiger partial charge in [0.25, 0.3) is 5.91 Å². The quantitative estimate of drug-likeness (QED) is 0.799. The standard InChI is InChI=1S/C24H29N3O4/c1-26(2)24(29)17-6-9-19(10-7-17)25-23(28)16-27-12-3-5-20(27)18-8-11-21-22(15-18)31-14-4-13-30-21/h6-11,15,20H,3-5,12-14,16H2,1-2H3,(H,25,28)/t20-/m0/s1. The Labute approximate surface area is 182 Å². The lowest BCUT2D eigenvalue weighted by atomic mass is 10.0. The van der Waals surface area contributed by atoms with E-state index >= 15 is 0 Å². The third kappa shape index (κ3) is 4.99. The molecule has 0 unspecified atom stereocenters. The zero-order valence-corrected chi connectivity index (χ0v) is 18.1. The first-order valence-electron chi connectivity index (χ1n) is 10.8. The lowest BCUT2D eigenvalue weighted by molar-refractivity contribution is -0.117. The SMILES string of the molecule is CN(C)C(=O)c1ccc(NC(=O)CN2CCC[C@H]2c2ccc3c(c2)OCCCO3)cc1. The van der Waals surface area contributed by atoms with Gasteiger partial charge < -0.3 is 19.7 Å². The summed E-state index contributed by atoms with van der Waals surface area (Å²) >= 11 is 0. The molecule has 0 bridgehead atoms. The number of fused-ring (bicyclic) bond motifs is 1. The van der Waals surface area contributed by atoms with Gasteiger partial charge in [0.15, 0.2) is 11.5 Å². The number of nitrogens with zero attached hydrogens (tertiary/aromatic N) is 2. The van der Waals surface area contributed by atoms with Crippen LogP contribution in [0.15, 0.2) is 42.5 Å². The number of benzene rings is 2. The normalized spacial score (nSPS) is 18.3. The molecule has 2 aromatic carbocycles. The number of nitrogens with one attached hydrogen (secondary N) is 1. The van der Waals surface area contributed by atoms with Crippen LogP contribution < -0.4 is 14.8 Å². The van der Waals surface area contributed by atoms with Crippen molar-refractivity contribution in [3.8, 4) is 11.5 Å². The van der Waals surface area contributed by atoms with E-state index in [1.807, 2.05) is 6.07 Å². The Bertz CT molecular complexity index is 942. The molecule has 1 atom stereocenters. The summed E-state index contributed by atoms with van der Waals surface area (Å²) in [6.45, 7) is 2.53. The molecule has 7 nitrogen and oxygen atoms in total. The van der Waals surface area contributed by atoms with Crippen molar-refractivity contribution in [1.82, 2.24) is 9.80 Å². The van der Waals surface area contributed by atoms with Gasteiger partial charge in [0.1, 0.15) is 0 Å². The summed E-state index contributed by atoms with van der Waals surface area (Å²) in [7, 11) is 3.43. The summed E-state index contributed by atoms with van der Waals surface area (Å²) < 4.78 is 11.6. The number of anilines is 1. The van der Waals surface area contributed by atoms with Gasteiger partial charge in [-0.2, -0.15) is 0 Å². The summed E-state index contributed by atoms with van der Waals surface area (Å²) in [6, 6.07) is 13.3. The number of carbonyl (C=O) groups is 2. The highest BCUT2D eigenvalue weighted by Gasteiger charge is 2.28. The largest absolute Gasteiger partial charge is 0.490 e. The Morgan fingerprint density at radius 2 is 1.77 bits per heavy atom. The molecular formula is C24H29N3O4. The molecule has 0 saturated carbocycles. The molecular weight excluding hydrogens is 394 g/mol. The Balaban J connectivity index is 1.39. The third-order valence-electron chi connectivity index (χ3n) is 5.69. The second-order valence-electron chi connectivity index (χ2n) is 8.21. The van der Waals surface area contributed by atoms with Gasteiger partial charge in [0.2, 0.25) is 5.91 Å². The molecule has 2 aliphatic rings. The van der Waals surface area contributed by atoms with E-state index in [4.69, 9.17) is 9.47 Å². The van der Waals surface area contributed by atoms with Gasteiger partial charge >= 0.3 is 0 Å². The summed E-state index contributed by atoms with van der Waals surface area (Å²) in [5.41, 5.74) is 2.43. The molecule has 0 spiro atoms. The van der Waals surface area contributed by atoms with E-state index in [0.717, 1.165) is 42.9 Å². The monoisotopic (exact) mass is 423 g/mol. The molecule has 4 rings (SSSR count). The fourth-order valence-corrected chi connectivity index (χ4v) is 4.12. The van der Waals surface area contributed by atoms with Crippen LogP contribution in [0.5, 0.6) is 11.5 Å². The highest BCUT2D eigenvalue weighted by Crippen LogP contribution is 2.37. The number of rotatable bonds is 5. The molecule has 0 aromatic heterocycles. The smallest absolute Gasteiger partial charge is 0.253 e. The van der Waals surface area contributed by atoms with Crippen molar-refractivity contribution in [2.75, 3.05) is 45.7 Å². The van der Waals surface area contributed by atoms with Crippen molar-refractivity contribution in [3.63, 3.8) is 0 Å². The van der Waals surface area contributed by atoms with Crippen LogP contribution in [0.1, 0.15) is 41.2 Å². The van der Waals surface area contributed by atoms with E-state index in [9.17, 15) is 9.59 Å². The fourth-order valence-electron chi connectivity index (χ4n) is 4.12. The molecule has 7 heteroatoms. The maximum atomic E-state index is 12.7. The van der Waals surface area contributed by atoms with E-state index in [0.29, 0.717) is 31.0 Å². The summed E-state index contributed by atoms with van der Waals surface area (Å²) in [5.74, 6) is 1.46. The lowest BCUT2D eigenvalue weighted by Gasteiger charge is -2.25. The molecule has 164 valence electrons. The van der Waals surface area contributed by atoms with Crippen LogP contribution in [0.4, 0.5) is 5.69 Å². The summed E-state index contributed by atoms with van der Waals surface area (Å²) in [5, 5.41) is 2.94. The molecule has 2 aliphatic heterocycles. The van der Waals surface area contributed by atoms with Crippen LogP contribution in [0.25, 0.3) is 0 Å². The Morgan fingerprint density at radius 3 is 2.52 bits per heavy atom. The molecule has 0 radical (unpaired) electrons. The predicted molar refractivity (Wildman–Crippen MR) is 119 cm³/mol. The van der Waals surface area contributed by atoms with Crippen molar-refractivity contribution < 1.29 is 19.1 Å². The van der Waals surface area contributed by atoms with Crippen LogP contribution in [-0.2, 0) is 4.79 Å². The first-order chi connectivity index (χ1) is 15.0. The fraction of sp³-hybridized carbons (Fsp3) is 0.417. The number of likely N-dealkylation sites (tertiary alicyclic amines) is 1. The van der Waals surface area contributed by atoms with E-state index in [1.165, 1.54) is 4.90 Å². The molecule has 2 heterocycles. The summed E-state index contributed by atoms with van der Waals surface area (Å²) in [6.07, 6.45) is 2.94. The summed E-state index contributed by atoms with van der Waals surface area (Å²) in [4.78, 5) is 28.4. The Morgan fingerprint density at radius 1 is 1.03 bits per heavy atom. The second kappa shape index (κ2) is 9.39. The van der Waals surface area contributed by atoms with Crippen molar-refractivity contribution in [3.05, 3.63) is 53.6 Å². The molecule has 1 N–H and O–H groups in total. The first-order valence-corrected chi connectivity index (χ1v) is 10.8. The molecule has 2 amide bonds. The van der Waals surface area contributed by atoms with E-state index in [2.05, 4.69) is 22.3 Å². The molecule has 1 fully saturated rings. The van der Waals surface area contributed by atoms with E-state index in [-0.39, 0.29) is 17.9 Å². The Hall–Kier alpha value is -3.06. The van der Waals surface area contributed by atoms with Gasteiger partial charge in [-0.15, -0.1) is 0 Å². The van der Waals surface area contributed by atoms with Gasteiger partial charge in [0, 0.05) is 37.8 Å². The van der Waals surface area contributed by atoms with Crippen molar-refractivity contribution >= 4 is 17.5 Å². The maximum absolute atomic E-state index is 12.7. The van der Waals surface area contributed by atoms with Gasteiger partial charge in [0.05, 0.1) is 19.8 Å². The van der Waals surface area contributed by atoms with Crippen molar-refractivity contribution in [1.29, 1.82) is 0 Å². The molecule has 2 aromatic rings. The van der Waals surface area contributed by atoms with Crippen LogP contribution in [0.3, 0.4) is 0 Å². The van der Waals surface area contributed by atoms with Gasteiger partial charge in [-0.25, -0.2) is 0 Å². The lowest BCUT2D eigenvalue weighted by Crippen LogP contribution is -2.33. The number of ether oxygens (including phenoxy) is 2. The number of hydrogen-bond donors (Lipinski definition) is 1. The van der Waals surface area contributed by atoms with Gasteiger partial charge in [-0.05, 0) is 61.3 Å². The number of amides is 2. The van der Waals surface area contributed by atoms with Crippen LogP contribution in [0, 0.1) is 0 Å². The Kier molecular flexibility index (Phi) is 6.42. The van der Waals surface area contributed by atoms with E-state index in [1.54, 1.807) is 38.4 Å². The zero-order valence-electron chi connectivity index (χ0n) is 18.1. The topological polar surface area (TPSA) is 71.1 Å². The molecule has 1 saturated heterocycles. The zero-order chi connectivity index (χ0) is 21.8. The van der Waals surface area contributed by atoms with Crippen molar-refractivity contribution in [2.45, 2.75) is 25.3 Å². The predicted octanol–water partition coefficient (Wildman–Crippen LogP) is 3.33. The minimum atomic E-state index is -0.0621. The first kappa shape index (κ1) is 21.2. The molecule has 31 heavy (non-hydrogen) atoms. The third-order valence-corrected chi connectivity index (χ3v) is 5.69. The maximum Gasteiger partial charge on any atom is 0.253 e. The molecule has 0 aliphatic carbocycles. The van der Waals surface area contributed by atoms with Gasteiger partial charge in [-0.3, -0.25) is 14.5 Å². The highest BCUT2D eigenvalue weighted by atomic mass is 16.5.